The van der Waals surface area contributed by atoms with Crippen LogP contribution >= 0.6 is 11.3 Å². The molecule has 29 heavy (non-hydrogen) atoms. The molecule has 2 aliphatic rings. The van der Waals surface area contributed by atoms with Crippen LogP contribution < -0.4 is 20.3 Å². The Labute approximate surface area is 173 Å². The first-order valence-corrected chi connectivity index (χ1v) is 10.6. The van der Waals surface area contributed by atoms with Crippen LogP contribution in [0.3, 0.4) is 0 Å². The van der Waals surface area contributed by atoms with Crippen LogP contribution in [-0.2, 0) is 11.3 Å². The Bertz CT molecular complexity index is 907. The number of benzene rings is 1. The highest BCUT2D eigenvalue weighted by atomic mass is 32.1. The summed E-state index contributed by atoms with van der Waals surface area (Å²) >= 11 is 1.43. The van der Waals surface area contributed by atoms with Gasteiger partial charge in [-0.2, -0.15) is 0 Å². The van der Waals surface area contributed by atoms with E-state index in [0.717, 1.165) is 54.7 Å². The molecule has 0 saturated carbocycles. The summed E-state index contributed by atoms with van der Waals surface area (Å²) in [6, 6.07) is 6.01. The number of hydrogen-bond acceptors (Lipinski definition) is 7. The fourth-order valence-corrected chi connectivity index (χ4v) is 4.49. The molecule has 8 nitrogen and oxygen atoms in total. The summed E-state index contributed by atoms with van der Waals surface area (Å²) in [7, 11) is 1.61. The van der Waals surface area contributed by atoms with Crippen molar-refractivity contribution in [1.29, 1.82) is 0 Å². The number of carbonyl (C=O) groups is 2. The zero-order valence-corrected chi connectivity index (χ0v) is 17.4. The third kappa shape index (κ3) is 4.20. The van der Waals surface area contributed by atoms with Crippen molar-refractivity contribution in [2.24, 2.45) is 0 Å². The fourth-order valence-electron chi connectivity index (χ4n) is 3.57. The lowest BCUT2D eigenvalue weighted by molar-refractivity contribution is -0.123. The predicted molar refractivity (Wildman–Crippen MR) is 113 cm³/mol. The molecule has 2 amide bonds. The Balaban J connectivity index is 1.34. The van der Waals surface area contributed by atoms with Crippen molar-refractivity contribution in [3.8, 4) is 5.75 Å². The second-order valence-corrected chi connectivity index (χ2v) is 8.19. The van der Waals surface area contributed by atoms with E-state index in [4.69, 9.17) is 4.74 Å². The van der Waals surface area contributed by atoms with Crippen LogP contribution in [0.2, 0.25) is 0 Å². The molecule has 1 aromatic heterocycles. The molecule has 2 aromatic rings. The maximum atomic E-state index is 12.0. The second kappa shape index (κ2) is 8.38. The smallest absolute Gasteiger partial charge is 0.280 e. The van der Waals surface area contributed by atoms with Gasteiger partial charge in [0.15, 0.2) is 11.1 Å². The van der Waals surface area contributed by atoms with Crippen molar-refractivity contribution in [2.45, 2.75) is 26.0 Å². The van der Waals surface area contributed by atoms with Crippen molar-refractivity contribution in [3.05, 3.63) is 35.0 Å². The van der Waals surface area contributed by atoms with Gasteiger partial charge in [-0.05, 0) is 24.1 Å². The average Bonchev–Trinajstić information content (AvgIpc) is 3.23. The first-order chi connectivity index (χ1) is 14.1. The topological polar surface area (TPSA) is 86.8 Å². The number of piperazine rings is 1. The molecule has 0 unspecified atom stereocenters. The second-order valence-electron chi connectivity index (χ2n) is 7.18. The summed E-state index contributed by atoms with van der Waals surface area (Å²) in [5.41, 5.74) is 1.90. The van der Waals surface area contributed by atoms with Crippen molar-refractivity contribution < 1.29 is 14.3 Å². The number of rotatable bonds is 5. The minimum absolute atomic E-state index is 0.0774. The Morgan fingerprint density at radius 2 is 2.14 bits per heavy atom. The molecule has 154 valence electrons. The monoisotopic (exact) mass is 415 g/mol. The van der Waals surface area contributed by atoms with E-state index in [1.165, 1.54) is 11.3 Å². The van der Waals surface area contributed by atoms with Crippen LogP contribution in [0.1, 0.15) is 28.7 Å². The quantitative estimate of drug-likeness (QED) is 0.776. The summed E-state index contributed by atoms with van der Waals surface area (Å²) in [4.78, 5) is 32.6. The van der Waals surface area contributed by atoms with Gasteiger partial charge in [-0.15, -0.1) is 0 Å². The molecule has 2 N–H and O–H groups in total. The number of nitrogens with zero attached hydrogens (tertiary/aromatic N) is 3. The van der Waals surface area contributed by atoms with Crippen LogP contribution in [0.5, 0.6) is 5.75 Å². The van der Waals surface area contributed by atoms with Gasteiger partial charge in [0.25, 0.3) is 11.8 Å². The standard InChI is InChI=1S/C20H25N5O3S/c1-3-15-18(26)23-14-10-13(4-5-16(14)28-15)12-24-6-8-25(9-7-24)17-11-22-20(29-17)19(27)21-2/h4-5,10-11,15H,3,6-9,12H2,1-2H3,(H,21,27)(H,23,26)/t15-/m0/s1. The molecule has 4 rings (SSSR count). The fraction of sp³-hybridized carbons (Fsp3) is 0.450. The summed E-state index contributed by atoms with van der Waals surface area (Å²) in [5, 5.41) is 7.09. The SMILES string of the molecule is CC[C@@H]1Oc2ccc(CN3CCN(c4cnc(C(=O)NC)s4)CC3)cc2NC1=O. The van der Waals surface area contributed by atoms with Gasteiger partial charge < -0.3 is 20.3 Å². The highest BCUT2D eigenvalue weighted by Crippen LogP contribution is 2.32. The van der Waals surface area contributed by atoms with Gasteiger partial charge in [0.2, 0.25) is 0 Å². The minimum atomic E-state index is -0.405. The van der Waals surface area contributed by atoms with Gasteiger partial charge in [0, 0.05) is 39.8 Å². The van der Waals surface area contributed by atoms with Gasteiger partial charge in [0.05, 0.1) is 11.9 Å². The number of thiazole rings is 1. The van der Waals surface area contributed by atoms with Crippen LogP contribution in [0.15, 0.2) is 24.4 Å². The van der Waals surface area contributed by atoms with Crippen molar-refractivity contribution in [2.75, 3.05) is 43.4 Å². The number of ether oxygens (including phenoxy) is 1. The molecule has 0 bridgehead atoms. The molecule has 0 aliphatic carbocycles. The van der Waals surface area contributed by atoms with Crippen molar-refractivity contribution in [1.82, 2.24) is 15.2 Å². The van der Waals surface area contributed by atoms with Gasteiger partial charge in [0.1, 0.15) is 10.8 Å². The average molecular weight is 416 g/mol. The van der Waals surface area contributed by atoms with Gasteiger partial charge in [-0.3, -0.25) is 14.5 Å². The van der Waals surface area contributed by atoms with Crippen LogP contribution in [0.4, 0.5) is 10.7 Å². The highest BCUT2D eigenvalue weighted by molar-refractivity contribution is 7.17. The number of anilines is 2. The van der Waals surface area contributed by atoms with Crippen molar-refractivity contribution in [3.63, 3.8) is 0 Å². The molecule has 1 saturated heterocycles. The number of carbonyl (C=O) groups excluding carboxylic acids is 2. The van der Waals surface area contributed by atoms with Crippen LogP contribution in [0, 0.1) is 0 Å². The molecule has 0 radical (unpaired) electrons. The molecular weight excluding hydrogens is 390 g/mol. The first-order valence-electron chi connectivity index (χ1n) is 9.83. The molecular formula is C20H25N5O3S. The Morgan fingerprint density at radius 1 is 1.34 bits per heavy atom. The summed E-state index contributed by atoms with van der Waals surface area (Å²) in [6.45, 7) is 6.38. The third-order valence-corrected chi connectivity index (χ3v) is 6.30. The predicted octanol–water partition coefficient (Wildman–Crippen LogP) is 1.93. The number of amides is 2. The highest BCUT2D eigenvalue weighted by Gasteiger charge is 2.26. The summed E-state index contributed by atoms with van der Waals surface area (Å²) < 4.78 is 5.76. The zero-order chi connectivity index (χ0) is 20.4. The largest absolute Gasteiger partial charge is 0.478 e. The van der Waals surface area contributed by atoms with Gasteiger partial charge in [-0.25, -0.2) is 4.98 Å². The molecule has 0 spiro atoms. The number of aromatic nitrogens is 1. The van der Waals surface area contributed by atoms with E-state index in [1.54, 1.807) is 13.2 Å². The lowest BCUT2D eigenvalue weighted by Gasteiger charge is -2.35. The maximum absolute atomic E-state index is 12.0. The Hall–Kier alpha value is -2.65. The van der Waals surface area contributed by atoms with Crippen LogP contribution in [-0.4, -0.2) is 61.0 Å². The molecule has 3 heterocycles. The number of nitrogens with one attached hydrogen (secondary N) is 2. The molecule has 1 atom stereocenters. The molecule has 1 fully saturated rings. The van der Waals surface area contributed by atoms with Gasteiger partial charge >= 0.3 is 0 Å². The van der Waals surface area contributed by atoms with E-state index >= 15 is 0 Å². The molecule has 2 aliphatic heterocycles. The zero-order valence-electron chi connectivity index (χ0n) is 16.6. The lowest BCUT2D eigenvalue weighted by atomic mass is 10.1. The first kappa shape index (κ1) is 19.7. The number of hydrogen-bond donors (Lipinski definition) is 2. The normalized spacial score (nSPS) is 19.3. The third-order valence-electron chi connectivity index (χ3n) is 5.24. The van der Waals surface area contributed by atoms with E-state index in [1.807, 2.05) is 19.1 Å². The van der Waals surface area contributed by atoms with E-state index in [0.29, 0.717) is 11.4 Å². The maximum Gasteiger partial charge on any atom is 0.280 e. The van der Waals surface area contributed by atoms with Gasteiger partial charge in [-0.1, -0.05) is 24.3 Å². The minimum Gasteiger partial charge on any atom is -0.478 e. The summed E-state index contributed by atoms with van der Waals surface area (Å²) in [6.07, 6.45) is 2.03. The molecule has 1 aromatic carbocycles. The van der Waals surface area contributed by atoms with E-state index in [2.05, 4.69) is 31.5 Å². The lowest BCUT2D eigenvalue weighted by Crippen LogP contribution is -2.45. The molecule has 9 heteroatoms. The van der Waals surface area contributed by atoms with Crippen molar-refractivity contribution >= 4 is 33.8 Å². The van der Waals surface area contributed by atoms with Crippen LogP contribution in [0.25, 0.3) is 0 Å². The Kier molecular flexibility index (Phi) is 5.68. The Morgan fingerprint density at radius 3 is 2.86 bits per heavy atom. The number of fused-ring (bicyclic) bond motifs is 1. The van der Waals surface area contributed by atoms with E-state index < -0.39 is 6.10 Å². The van der Waals surface area contributed by atoms with E-state index in [9.17, 15) is 9.59 Å². The van der Waals surface area contributed by atoms with E-state index in [-0.39, 0.29) is 11.8 Å². The summed E-state index contributed by atoms with van der Waals surface area (Å²) in [5.74, 6) is 0.516.